The van der Waals surface area contributed by atoms with Crippen LogP contribution in [0.4, 0.5) is 5.69 Å². The van der Waals surface area contributed by atoms with E-state index in [1.807, 2.05) is 31.5 Å². The molecule has 4 rings (SSSR count). The molecule has 3 aromatic rings. The molecule has 2 aromatic carbocycles. The molecular formula is C23H25BrN4OS. The zero-order chi connectivity index (χ0) is 20.9. The minimum absolute atomic E-state index is 0.564. The summed E-state index contributed by atoms with van der Waals surface area (Å²) in [6, 6.07) is 12.3. The Bertz CT molecular complexity index is 1030. The highest BCUT2D eigenvalue weighted by Crippen LogP contribution is 2.32. The molecule has 0 bridgehead atoms. The monoisotopic (exact) mass is 484 g/mol. The highest BCUT2D eigenvalue weighted by Gasteiger charge is 2.12. The Labute approximate surface area is 190 Å². The van der Waals surface area contributed by atoms with Crippen molar-refractivity contribution in [2.45, 2.75) is 39.5 Å². The number of aromatic nitrogens is 2. The first-order valence-electron chi connectivity index (χ1n) is 10.2. The Morgan fingerprint density at radius 1 is 1.10 bits per heavy atom. The third-order valence-electron chi connectivity index (χ3n) is 5.17. The molecule has 1 fully saturated rings. The van der Waals surface area contributed by atoms with E-state index in [9.17, 15) is 0 Å². The number of ether oxygens (including phenoxy) is 1. The molecule has 1 saturated heterocycles. The number of halogens is 1. The number of hydrogen-bond acceptors (Lipinski definition) is 5. The summed E-state index contributed by atoms with van der Waals surface area (Å²) in [6.07, 6.45) is 6.51. The highest BCUT2D eigenvalue weighted by atomic mass is 79.9. The molecule has 0 radical (unpaired) electrons. The molecule has 0 unspecified atom stereocenters. The lowest BCUT2D eigenvalue weighted by Gasteiger charge is -2.23. The fourth-order valence-electron chi connectivity index (χ4n) is 3.43. The molecule has 0 atom stereocenters. The molecule has 7 heteroatoms. The highest BCUT2D eigenvalue weighted by molar-refractivity contribution is 9.10. The molecule has 5 nitrogen and oxygen atoms in total. The Morgan fingerprint density at radius 3 is 2.63 bits per heavy atom. The standard InChI is InChI=1S/C23H25BrN4OS/c1-16-13-21(17(2)12-20(16)25-15-28-10-4-3-5-11-28)29-23-26-22(27-30-23)14-18-6-8-19(24)9-7-18/h6-9,12-13,15H,3-5,10-11,14H2,1-2H3/b25-15-. The second-order valence-electron chi connectivity index (χ2n) is 7.63. The fraction of sp³-hybridized carbons (Fsp3) is 0.348. The van der Waals surface area contributed by atoms with Crippen LogP contribution in [0.25, 0.3) is 0 Å². The van der Waals surface area contributed by atoms with E-state index in [2.05, 4.69) is 55.3 Å². The van der Waals surface area contributed by atoms with Gasteiger partial charge in [0, 0.05) is 35.5 Å². The molecule has 0 N–H and O–H groups in total. The van der Waals surface area contributed by atoms with Gasteiger partial charge in [-0.25, -0.2) is 4.99 Å². The largest absolute Gasteiger partial charge is 0.430 e. The number of hydrogen-bond donors (Lipinski definition) is 0. The van der Waals surface area contributed by atoms with Gasteiger partial charge in [-0.15, -0.1) is 0 Å². The molecule has 1 aromatic heterocycles. The van der Waals surface area contributed by atoms with Crippen LogP contribution in [-0.4, -0.2) is 33.7 Å². The molecule has 2 heterocycles. The molecule has 156 valence electrons. The third kappa shape index (κ3) is 5.46. The second-order valence-corrected chi connectivity index (χ2v) is 9.26. The van der Waals surface area contributed by atoms with Gasteiger partial charge in [-0.2, -0.15) is 9.36 Å². The van der Waals surface area contributed by atoms with Gasteiger partial charge < -0.3 is 9.64 Å². The second kappa shape index (κ2) is 9.71. The first kappa shape index (κ1) is 21.0. The van der Waals surface area contributed by atoms with E-state index < -0.39 is 0 Å². The Kier molecular flexibility index (Phi) is 6.79. The molecule has 0 saturated carbocycles. The van der Waals surface area contributed by atoms with Crippen molar-refractivity contribution in [3.8, 4) is 10.9 Å². The number of likely N-dealkylation sites (tertiary alicyclic amines) is 1. The summed E-state index contributed by atoms with van der Waals surface area (Å²) in [4.78, 5) is 11.6. The number of benzene rings is 2. The summed E-state index contributed by atoms with van der Waals surface area (Å²) < 4.78 is 11.6. The van der Waals surface area contributed by atoms with Gasteiger partial charge in [-0.1, -0.05) is 28.1 Å². The average Bonchev–Trinajstić information content (AvgIpc) is 3.19. The zero-order valence-corrected chi connectivity index (χ0v) is 19.7. The van der Waals surface area contributed by atoms with E-state index in [0.29, 0.717) is 11.6 Å². The Morgan fingerprint density at radius 2 is 1.87 bits per heavy atom. The summed E-state index contributed by atoms with van der Waals surface area (Å²) in [5, 5.41) is 0.564. The first-order chi connectivity index (χ1) is 14.6. The van der Waals surface area contributed by atoms with Crippen LogP contribution in [0.15, 0.2) is 45.9 Å². The van der Waals surface area contributed by atoms with Crippen LogP contribution < -0.4 is 4.74 Å². The quantitative estimate of drug-likeness (QED) is 0.298. The summed E-state index contributed by atoms with van der Waals surface area (Å²) in [6.45, 7) is 6.30. The van der Waals surface area contributed by atoms with Crippen LogP contribution in [0.3, 0.4) is 0 Å². The molecule has 1 aliphatic heterocycles. The maximum Gasteiger partial charge on any atom is 0.298 e. The lowest BCUT2D eigenvalue weighted by atomic mass is 10.1. The lowest BCUT2D eigenvalue weighted by Crippen LogP contribution is -2.28. The smallest absolute Gasteiger partial charge is 0.298 e. The van der Waals surface area contributed by atoms with Gasteiger partial charge in [-0.05, 0) is 74.1 Å². The average molecular weight is 485 g/mol. The van der Waals surface area contributed by atoms with E-state index >= 15 is 0 Å². The SMILES string of the molecule is Cc1cc(Oc2nc(Cc3ccc(Br)cc3)ns2)c(C)cc1/N=C\N1CCCCC1. The lowest BCUT2D eigenvalue weighted by molar-refractivity contribution is 0.351. The summed E-state index contributed by atoms with van der Waals surface area (Å²) in [5.74, 6) is 1.57. The minimum Gasteiger partial charge on any atom is -0.430 e. The van der Waals surface area contributed by atoms with Crippen LogP contribution in [0, 0.1) is 13.8 Å². The van der Waals surface area contributed by atoms with Crippen LogP contribution in [0.1, 0.15) is 41.8 Å². The number of nitrogens with zero attached hydrogens (tertiary/aromatic N) is 4. The van der Waals surface area contributed by atoms with E-state index in [-0.39, 0.29) is 0 Å². The Hall–Kier alpha value is -2.25. The number of piperidine rings is 1. The fourth-order valence-corrected chi connectivity index (χ4v) is 4.26. The summed E-state index contributed by atoms with van der Waals surface area (Å²) in [5.41, 5.74) is 4.28. The first-order valence-corrected chi connectivity index (χ1v) is 11.8. The van der Waals surface area contributed by atoms with E-state index in [1.165, 1.54) is 36.4 Å². The van der Waals surface area contributed by atoms with Crippen LogP contribution in [-0.2, 0) is 6.42 Å². The van der Waals surface area contributed by atoms with Gasteiger partial charge in [0.15, 0.2) is 5.82 Å². The van der Waals surface area contributed by atoms with Crippen molar-refractivity contribution in [3.05, 3.63) is 63.4 Å². The number of aryl methyl sites for hydroxylation is 2. The zero-order valence-electron chi connectivity index (χ0n) is 17.3. The van der Waals surface area contributed by atoms with Crippen molar-refractivity contribution in [3.63, 3.8) is 0 Å². The van der Waals surface area contributed by atoms with Crippen molar-refractivity contribution in [2.75, 3.05) is 13.1 Å². The molecule has 0 aliphatic carbocycles. The van der Waals surface area contributed by atoms with Crippen LogP contribution in [0.2, 0.25) is 0 Å². The van der Waals surface area contributed by atoms with E-state index in [1.54, 1.807) is 0 Å². The van der Waals surface area contributed by atoms with Crippen molar-refractivity contribution in [2.24, 2.45) is 4.99 Å². The van der Waals surface area contributed by atoms with Crippen molar-refractivity contribution in [1.29, 1.82) is 0 Å². The van der Waals surface area contributed by atoms with Gasteiger partial charge in [0.05, 0.1) is 12.0 Å². The van der Waals surface area contributed by atoms with Gasteiger partial charge in [0.25, 0.3) is 5.19 Å². The van der Waals surface area contributed by atoms with Crippen LogP contribution in [0.5, 0.6) is 10.9 Å². The number of aliphatic imine (C=N–C) groups is 1. The van der Waals surface area contributed by atoms with Crippen molar-refractivity contribution in [1.82, 2.24) is 14.3 Å². The minimum atomic E-state index is 0.564. The Balaban J connectivity index is 1.43. The van der Waals surface area contributed by atoms with Gasteiger partial charge in [0.1, 0.15) is 5.75 Å². The van der Waals surface area contributed by atoms with Gasteiger partial charge in [-0.3, -0.25) is 0 Å². The predicted octanol–water partition coefficient (Wildman–Crippen LogP) is 6.45. The van der Waals surface area contributed by atoms with Crippen molar-refractivity contribution >= 4 is 39.5 Å². The maximum absolute atomic E-state index is 6.05. The molecule has 0 spiro atoms. The van der Waals surface area contributed by atoms with Gasteiger partial charge in [0.2, 0.25) is 0 Å². The number of rotatable bonds is 6. The topological polar surface area (TPSA) is 50.6 Å². The van der Waals surface area contributed by atoms with Gasteiger partial charge >= 0.3 is 0 Å². The molecule has 0 amide bonds. The molecular weight excluding hydrogens is 460 g/mol. The molecule has 30 heavy (non-hydrogen) atoms. The predicted molar refractivity (Wildman–Crippen MR) is 126 cm³/mol. The van der Waals surface area contributed by atoms with E-state index in [0.717, 1.165) is 46.0 Å². The summed E-state index contributed by atoms with van der Waals surface area (Å²) in [7, 11) is 0. The third-order valence-corrected chi connectivity index (χ3v) is 6.33. The van der Waals surface area contributed by atoms with Crippen LogP contribution >= 0.6 is 27.5 Å². The normalized spacial score (nSPS) is 14.4. The summed E-state index contributed by atoms with van der Waals surface area (Å²) >= 11 is 4.75. The molecule has 1 aliphatic rings. The van der Waals surface area contributed by atoms with E-state index in [4.69, 9.17) is 9.73 Å². The maximum atomic E-state index is 6.05. The van der Waals surface area contributed by atoms with Crippen molar-refractivity contribution < 1.29 is 4.74 Å².